The number of rotatable bonds is 7. The van der Waals surface area contributed by atoms with Crippen molar-refractivity contribution in [2.24, 2.45) is 5.10 Å². The Balaban J connectivity index is 1.38. The number of piperidine rings is 1. The number of hydrogen-bond acceptors (Lipinski definition) is 8. The summed E-state index contributed by atoms with van der Waals surface area (Å²) >= 11 is 1.08. The number of aromatic nitrogens is 3. The molecule has 2 aromatic heterocycles. The van der Waals surface area contributed by atoms with E-state index >= 15 is 0 Å². The molecular weight excluding hydrogens is 418 g/mol. The van der Waals surface area contributed by atoms with E-state index in [0.717, 1.165) is 29.3 Å². The molecule has 0 radical (unpaired) electrons. The van der Waals surface area contributed by atoms with Crippen LogP contribution in [0.5, 0.6) is 5.75 Å². The first kappa shape index (κ1) is 21.4. The number of benzene rings is 1. The summed E-state index contributed by atoms with van der Waals surface area (Å²) in [5.74, 6) is 0.631. The van der Waals surface area contributed by atoms with Gasteiger partial charge in [-0.25, -0.2) is 4.79 Å². The van der Waals surface area contributed by atoms with Gasteiger partial charge in [-0.3, -0.25) is 9.78 Å². The number of H-pyrrole nitrogens is 1. The van der Waals surface area contributed by atoms with E-state index in [-0.39, 0.29) is 6.61 Å². The number of fused-ring (bicyclic) bond motifs is 1. The highest BCUT2D eigenvalue weighted by atomic mass is 32.1. The zero-order valence-corrected chi connectivity index (χ0v) is 18.1. The van der Waals surface area contributed by atoms with E-state index in [4.69, 9.17) is 4.74 Å². The highest BCUT2D eigenvalue weighted by Gasteiger charge is 2.15. The SMILES string of the molecule is Cc1nsc2[nH]c(=O)n(/N=C/c3ccc(OC[C@@H](O)CN4CCCCC4)cc3)c(=O)c12. The van der Waals surface area contributed by atoms with Gasteiger partial charge in [-0.15, -0.1) is 4.68 Å². The van der Waals surface area contributed by atoms with Gasteiger partial charge in [0, 0.05) is 6.54 Å². The van der Waals surface area contributed by atoms with Crippen molar-refractivity contribution in [3.63, 3.8) is 0 Å². The molecule has 0 bridgehead atoms. The lowest BCUT2D eigenvalue weighted by molar-refractivity contribution is 0.0617. The minimum Gasteiger partial charge on any atom is -0.491 e. The van der Waals surface area contributed by atoms with Gasteiger partial charge in [-0.2, -0.15) is 9.47 Å². The van der Waals surface area contributed by atoms with Crippen LogP contribution >= 0.6 is 11.5 Å². The molecular formula is C21H25N5O4S. The fourth-order valence-electron chi connectivity index (χ4n) is 3.62. The largest absolute Gasteiger partial charge is 0.491 e. The Hall–Kier alpha value is -2.82. The molecule has 1 fully saturated rings. The summed E-state index contributed by atoms with van der Waals surface area (Å²) in [6.45, 7) is 4.63. The van der Waals surface area contributed by atoms with Gasteiger partial charge in [0.25, 0.3) is 5.56 Å². The molecule has 0 saturated carbocycles. The minimum atomic E-state index is -0.611. The van der Waals surface area contributed by atoms with E-state index in [2.05, 4.69) is 19.4 Å². The molecule has 4 rings (SSSR count). The standard InChI is InChI=1S/C21H25N5O4S/c1-14-18-19(31-24-14)23-21(29)26(20(18)28)22-11-15-5-7-17(8-6-15)30-13-16(27)12-25-9-3-2-4-10-25/h5-8,11,16,27H,2-4,9-10,12-13H2,1H3,(H,23,29)/b22-11+/t16-/m0/s1. The number of aromatic amines is 1. The van der Waals surface area contributed by atoms with Crippen LogP contribution in [0.3, 0.4) is 0 Å². The molecule has 2 N–H and O–H groups in total. The van der Waals surface area contributed by atoms with Crippen LogP contribution in [0.4, 0.5) is 0 Å². The van der Waals surface area contributed by atoms with E-state index in [1.165, 1.54) is 25.5 Å². The number of hydrogen-bond donors (Lipinski definition) is 2. The monoisotopic (exact) mass is 443 g/mol. The van der Waals surface area contributed by atoms with Crippen molar-refractivity contribution in [2.45, 2.75) is 32.3 Å². The smallest absolute Gasteiger partial charge is 0.350 e. The Bertz CT molecular complexity index is 1180. The topological polar surface area (TPSA) is 113 Å². The zero-order valence-electron chi connectivity index (χ0n) is 17.3. The summed E-state index contributed by atoms with van der Waals surface area (Å²) < 4.78 is 10.6. The first-order chi connectivity index (χ1) is 15.0. The second kappa shape index (κ2) is 9.54. The molecule has 3 heterocycles. The highest BCUT2D eigenvalue weighted by Crippen LogP contribution is 2.15. The Labute approximate surface area is 182 Å². The lowest BCUT2D eigenvalue weighted by Gasteiger charge is -2.28. The second-order valence-corrected chi connectivity index (χ2v) is 8.43. The third-order valence-electron chi connectivity index (χ3n) is 5.24. The van der Waals surface area contributed by atoms with Gasteiger partial charge in [0.2, 0.25) is 0 Å². The Kier molecular flexibility index (Phi) is 6.59. The molecule has 1 saturated heterocycles. The molecule has 1 aliphatic rings. The van der Waals surface area contributed by atoms with Gasteiger partial charge >= 0.3 is 5.69 Å². The molecule has 0 amide bonds. The lowest BCUT2D eigenvalue weighted by atomic mass is 10.1. The maximum atomic E-state index is 12.5. The predicted octanol–water partition coefficient (Wildman–Crippen LogP) is 1.56. The molecule has 1 aromatic carbocycles. The third kappa shape index (κ3) is 5.09. The predicted molar refractivity (Wildman–Crippen MR) is 120 cm³/mol. The summed E-state index contributed by atoms with van der Waals surface area (Å²) in [5.41, 5.74) is 0.158. The van der Waals surface area contributed by atoms with Gasteiger partial charge in [0.1, 0.15) is 23.3 Å². The zero-order chi connectivity index (χ0) is 21.8. The molecule has 9 nitrogen and oxygen atoms in total. The van der Waals surface area contributed by atoms with Crippen molar-refractivity contribution in [3.8, 4) is 5.75 Å². The summed E-state index contributed by atoms with van der Waals surface area (Å²) in [5, 5.41) is 14.6. The number of nitrogens with one attached hydrogen (secondary N) is 1. The van der Waals surface area contributed by atoms with Crippen LogP contribution in [0.1, 0.15) is 30.5 Å². The van der Waals surface area contributed by atoms with Crippen LogP contribution in [0.2, 0.25) is 0 Å². The van der Waals surface area contributed by atoms with E-state index in [0.29, 0.717) is 33.8 Å². The van der Waals surface area contributed by atoms with Crippen molar-refractivity contribution in [2.75, 3.05) is 26.2 Å². The van der Waals surface area contributed by atoms with E-state index < -0.39 is 17.4 Å². The van der Waals surface area contributed by atoms with Crippen LogP contribution in [-0.2, 0) is 0 Å². The highest BCUT2D eigenvalue weighted by molar-refractivity contribution is 7.12. The fraction of sp³-hybridized carbons (Fsp3) is 0.429. The summed E-state index contributed by atoms with van der Waals surface area (Å²) in [6, 6.07) is 7.06. The molecule has 1 atom stereocenters. The number of β-amino-alcohol motifs (C(OH)–C–C–N with tert-alkyl or cyclic N) is 1. The molecule has 0 aliphatic carbocycles. The molecule has 0 unspecified atom stereocenters. The number of aliphatic hydroxyl groups excluding tert-OH is 1. The number of likely N-dealkylation sites (tertiary alicyclic amines) is 1. The first-order valence-corrected chi connectivity index (χ1v) is 11.1. The van der Waals surface area contributed by atoms with Gasteiger partial charge in [0.15, 0.2) is 0 Å². The minimum absolute atomic E-state index is 0.225. The molecule has 10 heteroatoms. The molecule has 0 spiro atoms. The lowest BCUT2D eigenvalue weighted by Crippen LogP contribution is -2.38. The van der Waals surface area contributed by atoms with Gasteiger partial charge < -0.3 is 14.7 Å². The molecule has 3 aromatic rings. The molecule has 1 aliphatic heterocycles. The quantitative estimate of drug-likeness (QED) is 0.536. The molecule has 164 valence electrons. The van der Waals surface area contributed by atoms with Crippen molar-refractivity contribution in [1.29, 1.82) is 0 Å². The van der Waals surface area contributed by atoms with Crippen LogP contribution in [0, 0.1) is 6.92 Å². The average molecular weight is 444 g/mol. The van der Waals surface area contributed by atoms with Crippen LogP contribution in [-0.4, -0.2) is 62.6 Å². The van der Waals surface area contributed by atoms with Crippen LogP contribution in [0.15, 0.2) is 39.0 Å². The summed E-state index contributed by atoms with van der Waals surface area (Å²) in [4.78, 5) is 30.0. The maximum absolute atomic E-state index is 12.5. The Morgan fingerprint density at radius 3 is 2.74 bits per heavy atom. The van der Waals surface area contributed by atoms with Gasteiger partial charge in [0.05, 0.1) is 17.3 Å². The third-order valence-corrected chi connectivity index (χ3v) is 6.10. The number of aryl methyl sites for hydroxylation is 1. The van der Waals surface area contributed by atoms with E-state index in [1.54, 1.807) is 31.2 Å². The van der Waals surface area contributed by atoms with Crippen molar-refractivity contribution in [1.82, 2.24) is 18.9 Å². The van der Waals surface area contributed by atoms with Crippen molar-refractivity contribution >= 4 is 28.0 Å². The first-order valence-electron chi connectivity index (χ1n) is 10.3. The number of ether oxygens (including phenoxy) is 1. The van der Waals surface area contributed by atoms with E-state index in [9.17, 15) is 14.7 Å². The number of nitrogens with zero attached hydrogens (tertiary/aromatic N) is 4. The normalized spacial score (nSPS) is 16.2. The van der Waals surface area contributed by atoms with Crippen LogP contribution < -0.4 is 16.0 Å². The Morgan fingerprint density at radius 2 is 2.00 bits per heavy atom. The maximum Gasteiger partial charge on any atom is 0.350 e. The molecule has 31 heavy (non-hydrogen) atoms. The van der Waals surface area contributed by atoms with Crippen molar-refractivity contribution in [3.05, 3.63) is 56.4 Å². The summed E-state index contributed by atoms with van der Waals surface area (Å²) in [7, 11) is 0. The Morgan fingerprint density at radius 1 is 1.26 bits per heavy atom. The van der Waals surface area contributed by atoms with Crippen molar-refractivity contribution < 1.29 is 9.84 Å². The second-order valence-electron chi connectivity index (χ2n) is 7.66. The van der Waals surface area contributed by atoms with E-state index in [1.807, 2.05) is 0 Å². The summed E-state index contributed by atoms with van der Waals surface area (Å²) in [6.07, 6.45) is 4.54. The van der Waals surface area contributed by atoms with Crippen LogP contribution in [0.25, 0.3) is 10.2 Å². The average Bonchev–Trinajstić information content (AvgIpc) is 3.14. The van der Waals surface area contributed by atoms with Gasteiger partial charge in [-0.1, -0.05) is 6.42 Å². The van der Waals surface area contributed by atoms with Gasteiger partial charge in [-0.05, 0) is 74.2 Å². The number of aliphatic hydroxyl groups is 1. The fourth-order valence-corrected chi connectivity index (χ4v) is 4.40.